The summed E-state index contributed by atoms with van der Waals surface area (Å²) in [6, 6.07) is 4.87. The van der Waals surface area contributed by atoms with Crippen LogP contribution in [0.25, 0.3) is 0 Å². The summed E-state index contributed by atoms with van der Waals surface area (Å²) in [5, 5.41) is 0. The van der Waals surface area contributed by atoms with E-state index in [1.165, 1.54) is 18.2 Å². The molecule has 0 aromatic heterocycles. The predicted octanol–water partition coefficient (Wildman–Crippen LogP) is 1.33. The molecule has 0 bridgehead atoms. The minimum atomic E-state index is 0.128. The molecule has 1 aromatic carbocycles. The smallest absolute Gasteiger partial charge is 0.211 e. The molecule has 1 aromatic rings. The van der Waals surface area contributed by atoms with E-state index in [2.05, 4.69) is 15.0 Å². The van der Waals surface area contributed by atoms with Gasteiger partial charge in [0.1, 0.15) is 0 Å². The SMILES string of the molecule is O=C=NCc1cc(CN=C=O)cc(N=C=O)c1. The Balaban J connectivity index is 3.11. The molecule has 0 fully saturated rings. The molecule has 0 aliphatic rings. The van der Waals surface area contributed by atoms with Gasteiger partial charge < -0.3 is 0 Å². The van der Waals surface area contributed by atoms with Crippen LogP contribution in [0.3, 0.4) is 0 Å². The third kappa shape index (κ3) is 4.16. The highest BCUT2D eigenvalue weighted by Crippen LogP contribution is 2.18. The zero-order valence-electron chi connectivity index (χ0n) is 8.71. The monoisotopic (exact) mass is 229 g/mol. The molecule has 0 unspecified atom stereocenters. The number of nitrogens with zero attached hydrogens (tertiary/aromatic N) is 3. The van der Waals surface area contributed by atoms with Crippen molar-refractivity contribution in [1.29, 1.82) is 0 Å². The lowest BCUT2D eigenvalue weighted by Gasteiger charge is -2.01. The van der Waals surface area contributed by atoms with Gasteiger partial charge in [-0.1, -0.05) is 6.07 Å². The van der Waals surface area contributed by atoms with Crippen LogP contribution in [0, 0.1) is 0 Å². The lowest BCUT2D eigenvalue weighted by molar-refractivity contribution is 0.562. The van der Waals surface area contributed by atoms with E-state index in [0.717, 1.165) is 0 Å². The highest BCUT2D eigenvalue weighted by atomic mass is 16.1. The van der Waals surface area contributed by atoms with Gasteiger partial charge in [-0.05, 0) is 23.3 Å². The molecule has 0 amide bonds. The van der Waals surface area contributed by atoms with Gasteiger partial charge in [0.2, 0.25) is 18.2 Å². The third-order valence-electron chi connectivity index (χ3n) is 1.86. The fourth-order valence-corrected chi connectivity index (χ4v) is 1.29. The summed E-state index contributed by atoms with van der Waals surface area (Å²) in [4.78, 5) is 40.4. The van der Waals surface area contributed by atoms with Gasteiger partial charge in [-0.15, -0.1) is 0 Å². The Bertz CT molecular complexity index is 511. The lowest BCUT2D eigenvalue weighted by atomic mass is 10.1. The second-order valence-electron chi connectivity index (χ2n) is 3.03. The number of hydrogen-bond acceptors (Lipinski definition) is 6. The second-order valence-corrected chi connectivity index (χ2v) is 3.03. The molecule has 6 heteroatoms. The van der Waals surface area contributed by atoms with Crippen LogP contribution in [0.5, 0.6) is 0 Å². The molecule has 0 N–H and O–H groups in total. The van der Waals surface area contributed by atoms with Gasteiger partial charge in [0.25, 0.3) is 0 Å². The Labute approximate surface area is 96.4 Å². The molecular weight excluding hydrogens is 222 g/mol. The summed E-state index contributed by atoms with van der Waals surface area (Å²) in [5.41, 5.74) is 1.71. The maximum atomic E-state index is 10.2. The molecule has 0 spiro atoms. The summed E-state index contributed by atoms with van der Waals surface area (Å²) < 4.78 is 0. The third-order valence-corrected chi connectivity index (χ3v) is 1.86. The van der Waals surface area contributed by atoms with E-state index in [-0.39, 0.29) is 13.1 Å². The highest BCUT2D eigenvalue weighted by molar-refractivity contribution is 5.52. The maximum Gasteiger partial charge on any atom is 0.240 e. The number of benzene rings is 1. The second kappa shape index (κ2) is 6.77. The Kier molecular flexibility index (Phi) is 4.95. The summed E-state index contributed by atoms with van der Waals surface area (Å²) in [7, 11) is 0. The van der Waals surface area contributed by atoms with Crippen LogP contribution in [0.15, 0.2) is 33.2 Å². The van der Waals surface area contributed by atoms with Crippen LogP contribution in [0.1, 0.15) is 11.1 Å². The van der Waals surface area contributed by atoms with Crippen LogP contribution in [0.2, 0.25) is 0 Å². The average Bonchev–Trinajstić information content (AvgIpc) is 2.34. The van der Waals surface area contributed by atoms with Crippen molar-refractivity contribution in [2.24, 2.45) is 15.0 Å². The lowest BCUT2D eigenvalue weighted by Crippen LogP contribution is -1.87. The molecule has 0 saturated heterocycles. The molecule has 0 atom stereocenters. The van der Waals surface area contributed by atoms with Crippen LogP contribution in [-0.4, -0.2) is 18.2 Å². The van der Waals surface area contributed by atoms with Crippen molar-refractivity contribution in [2.75, 3.05) is 0 Å². The summed E-state index contributed by atoms with van der Waals surface area (Å²) in [5.74, 6) is 0. The van der Waals surface area contributed by atoms with E-state index >= 15 is 0 Å². The van der Waals surface area contributed by atoms with E-state index < -0.39 is 0 Å². The fourth-order valence-electron chi connectivity index (χ4n) is 1.29. The predicted molar refractivity (Wildman–Crippen MR) is 57.9 cm³/mol. The van der Waals surface area contributed by atoms with Gasteiger partial charge in [0.15, 0.2) is 0 Å². The Hall–Kier alpha value is -2.64. The molecule has 84 valence electrons. The topological polar surface area (TPSA) is 88.3 Å². The zero-order chi connectivity index (χ0) is 12.5. The first-order valence-electron chi connectivity index (χ1n) is 4.58. The number of rotatable bonds is 5. The van der Waals surface area contributed by atoms with Gasteiger partial charge in [0, 0.05) is 0 Å². The van der Waals surface area contributed by atoms with Crippen molar-refractivity contribution < 1.29 is 14.4 Å². The molecular formula is C11H7N3O3. The van der Waals surface area contributed by atoms with Gasteiger partial charge in [-0.3, -0.25) is 0 Å². The van der Waals surface area contributed by atoms with E-state index in [1.54, 1.807) is 18.2 Å². The van der Waals surface area contributed by atoms with Crippen molar-refractivity contribution in [1.82, 2.24) is 0 Å². The van der Waals surface area contributed by atoms with Gasteiger partial charge in [-0.25, -0.2) is 24.4 Å². The van der Waals surface area contributed by atoms with Crippen molar-refractivity contribution in [2.45, 2.75) is 13.1 Å². The van der Waals surface area contributed by atoms with E-state index in [0.29, 0.717) is 16.8 Å². The number of carbonyl (C=O) groups excluding carboxylic acids is 3. The minimum absolute atomic E-state index is 0.128. The molecule has 0 radical (unpaired) electrons. The average molecular weight is 229 g/mol. The van der Waals surface area contributed by atoms with Gasteiger partial charge in [-0.2, -0.15) is 4.99 Å². The summed E-state index contributed by atoms with van der Waals surface area (Å²) in [6.07, 6.45) is 4.23. The van der Waals surface area contributed by atoms with Crippen molar-refractivity contribution in [3.63, 3.8) is 0 Å². The molecule has 1 rings (SSSR count). The van der Waals surface area contributed by atoms with Crippen LogP contribution in [-0.2, 0) is 27.5 Å². The molecule has 0 aliphatic heterocycles. The highest BCUT2D eigenvalue weighted by Gasteiger charge is 2.00. The molecule has 0 heterocycles. The van der Waals surface area contributed by atoms with Gasteiger partial charge in [0.05, 0.1) is 18.8 Å². The van der Waals surface area contributed by atoms with E-state index in [4.69, 9.17) is 0 Å². The number of isocyanates is 3. The Morgan fingerprint density at radius 1 is 0.824 bits per heavy atom. The zero-order valence-corrected chi connectivity index (χ0v) is 8.71. The van der Waals surface area contributed by atoms with Crippen LogP contribution < -0.4 is 0 Å². The fraction of sp³-hybridized carbons (Fsp3) is 0.182. The molecule has 0 aliphatic carbocycles. The van der Waals surface area contributed by atoms with E-state index in [1.807, 2.05) is 0 Å². The molecule has 0 saturated carbocycles. The number of aliphatic imine (C=N–C) groups is 3. The summed E-state index contributed by atoms with van der Waals surface area (Å²) in [6.45, 7) is 0.257. The van der Waals surface area contributed by atoms with Crippen molar-refractivity contribution >= 4 is 23.9 Å². The maximum absolute atomic E-state index is 10.2. The van der Waals surface area contributed by atoms with Crippen molar-refractivity contribution in [3.8, 4) is 0 Å². The van der Waals surface area contributed by atoms with Crippen LogP contribution in [0.4, 0.5) is 5.69 Å². The molecule has 17 heavy (non-hydrogen) atoms. The quantitative estimate of drug-likeness (QED) is 0.563. The van der Waals surface area contributed by atoms with Crippen LogP contribution >= 0.6 is 0 Å². The summed E-state index contributed by atoms with van der Waals surface area (Å²) >= 11 is 0. The normalized spacial score (nSPS) is 8.47. The Morgan fingerprint density at radius 2 is 1.35 bits per heavy atom. The first-order chi connectivity index (χ1) is 8.30. The first kappa shape index (κ1) is 12.4. The minimum Gasteiger partial charge on any atom is -0.211 e. The molecule has 6 nitrogen and oxygen atoms in total. The van der Waals surface area contributed by atoms with Crippen molar-refractivity contribution in [3.05, 3.63) is 29.3 Å². The number of hydrogen-bond donors (Lipinski definition) is 0. The first-order valence-corrected chi connectivity index (χ1v) is 4.58. The largest absolute Gasteiger partial charge is 0.240 e. The van der Waals surface area contributed by atoms with Gasteiger partial charge >= 0.3 is 0 Å². The Morgan fingerprint density at radius 3 is 1.76 bits per heavy atom. The van der Waals surface area contributed by atoms with E-state index in [9.17, 15) is 14.4 Å². The standard InChI is InChI=1S/C11H7N3O3/c15-6-12-4-9-1-10(5-13-7-16)3-11(2-9)14-8-17/h1-3H,4-5H2.